The lowest BCUT2D eigenvalue weighted by Gasteiger charge is -2.25. The molecule has 0 radical (unpaired) electrons. The van der Waals surface area contributed by atoms with E-state index in [9.17, 15) is 19.5 Å². The van der Waals surface area contributed by atoms with Crippen LogP contribution < -0.4 is 16.4 Å². The molecule has 9 heteroatoms. The fourth-order valence-corrected chi connectivity index (χ4v) is 2.18. The Hall–Kier alpha value is -1.32. The number of carbonyl (C=O) groups excluding carboxylic acids is 2. The Kier molecular flexibility index (Phi) is 9.85. The smallest absolute Gasteiger partial charge is 0.326 e. The second-order valence-electron chi connectivity index (χ2n) is 5.68. The van der Waals surface area contributed by atoms with Crippen molar-refractivity contribution in [2.45, 2.75) is 51.4 Å². The lowest BCUT2D eigenvalue weighted by atomic mass is 10.0. The number of aliphatic hydroxyl groups is 1. The molecule has 134 valence electrons. The topological polar surface area (TPSA) is 142 Å². The van der Waals surface area contributed by atoms with Crippen LogP contribution in [0.15, 0.2) is 0 Å². The van der Waals surface area contributed by atoms with Crippen LogP contribution in [0, 0.1) is 5.92 Å². The van der Waals surface area contributed by atoms with Crippen LogP contribution >= 0.6 is 11.8 Å². The fraction of sp³-hybridized carbons (Fsp3) is 0.786. The molecule has 0 heterocycles. The predicted molar refractivity (Wildman–Crippen MR) is 89.0 cm³/mol. The van der Waals surface area contributed by atoms with Crippen LogP contribution in [0.25, 0.3) is 0 Å². The molecule has 0 aliphatic rings. The largest absolute Gasteiger partial charge is 0.480 e. The summed E-state index contributed by atoms with van der Waals surface area (Å²) in [5.41, 5.74) is 5.70. The SMILES string of the molecule is CSCC[C@H](NC(=O)[C@@H](NC(=O)[C@@H](N)C(C)C)[C@@H](C)O)C(=O)O. The summed E-state index contributed by atoms with van der Waals surface area (Å²) in [5.74, 6) is -2.07. The van der Waals surface area contributed by atoms with Gasteiger partial charge in [-0.3, -0.25) is 9.59 Å². The van der Waals surface area contributed by atoms with Gasteiger partial charge < -0.3 is 26.6 Å². The van der Waals surface area contributed by atoms with Crippen molar-refractivity contribution in [2.75, 3.05) is 12.0 Å². The van der Waals surface area contributed by atoms with E-state index in [0.29, 0.717) is 5.75 Å². The first-order valence-corrected chi connectivity index (χ1v) is 8.77. The molecule has 0 bridgehead atoms. The zero-order chi connectivity index (χ0) is 18.2. The number of amides is 2. The van der Waals surface area contributed by atoms with Crippen molar-refractivity contribution in [3.05, 3.63) is 0 Å². The molecule has 0 rings (SSSR count). The number of nitrogens with two attached hydrogens (primary N) is 1. The number of nitrogens with one attached hydrogen (secondary N) is 2. The summed E-state index contributed by atoms with van der Waals surface area (Å²) < 4.78 is 0. The zero-order valence-corrected chi connectivity index (χ0v) is 14.7. The molecule has 6 N–H and O–H groups in total. The molecule has 0 saturated carbocycles. The molecular formula is C14H27N3O5S. The first kappa shape index (κ1) is 21.7. The molecule has 0 fully saturated rings. The van der Waals surface area contributed by atoms with Gasteiger partial charge in [0, 0.05) is 0 Å². The Morgan fingerprint density at radius 2 is 1.70 bits per heavy atom. The maximum atomic E-state index is 12.2. The van der Waals surface area contributed by atoms with E-state index in [1.54, 1.807) is 13.8 Å². The average molecular weight is 349 g/mol. The van der Waals surface area contributed by atoms with E-state index in [2.05, 4.69) is 10.6 Å². The van der Waals surface area contributed by atoms with E-state index >= 15 is 0 Å². The van der Waals surface area contributed by atoms with Crippen molar-refractivity contribution in [3.63, 3.8) is 0 Å². The van der Waals surface area contributed by atoms with Gasteiger partial charge in [0.1, 0.15) is 12.1 Å². The Bertz CT molecular complexity index is 417. The van der Waals surface area contributed by atoms with Gasteiger partial charge >= 0.3 is 5.97 Å². The van der Waals surface area contributed by atoms with Crippen LogP contribution in [0.2, 0.25) is 0 Å². The Morgan fingerprint density at radius 3 is 2.09 bits per heavy atom. The average Bonchev–Trinajstić information content (AvgIpc) is 2.46. The third-order valence-corrected chi connectivity index (χ3v) is 3.95. The third kappa shape index (κ3) is 7.67. The van der Waals surface area contributed by atoms with Gasteiger partial charge in [-0.1, -0.05) is 13.8 Å². The van der Waals surface area contributed by atoms with Crippen LogP contribution in [0.1, 0.15) is 27.2 Å². The first-order valence-electron chi connectivity index (χ1n) is 7.37. The summed E-state index contributed by atoms with van der Waals surface area (Å²) in [7, 11) is 0. The molecule has 0 aliphatic carbocycles. The molecular weight excluding hydrogens is 322 g/mol. The highest BCUT2D eigenvalue weighted by Crippen LogP contribution is 2.04. The maximum absolute atomic E-state index is 12.2. The number of aliphatic carboxylic acids is 1. The minimum Gasteiger partial charge on any atom is -0.480 e. The molecule has 0 aromatic carbocycles. The number of rotatable bonds is 10. The number of aliphatic hydroxyl groups excluding tert-OH is 1. The van der Waals surface area contributed by atoms with Crippen LogP contribution in [0.5, 0.6) is 0 Å². The monoisotopic (exact) mass is 349 g/mol. The van der Waals surface area contributed by atoms with Crippen LogP contribution in [0.4, 0.5) is 0 Å². The summed E-state index contributed by atoms with van der Waals surface area (Å²) in [6, 6.07) is -3.16. The summed E-state index contributed by atoms with van der Waals surface area (Å²) >= 11 is 1.46. The number of hydrogen-bond acceptors (Lipinski definition) is 6. The fourth-order valence-electron chi connectivity index (χ4n) is 1.71. The van der Waals surface area contributed by atoms with Crippen molar-refractivity contribution < 1.29 is 24.6 Å². The molecule has 0 spiro atoms. The van der Waals surface area contributed by atoms with Gasteiger partial charge in [-0.2, -0.15) is 11.8 Å². The molecule has 0 aromatic rings. The molecule has 0 unspecified atom stereocenters. The summed E-state index contributed by atoms with van der Waals surface area (Å²) in [5, 5.41) is 23.5. The number of carboxylic acid groups (broad SMARTS) is 1. The minimum atomic E-state index is -1.26. The number of hydrogen-bond donors (Lipinski definition) is 5. The van der Waals surface area contributed by atoms with Gasteiger partial charge in [0.2, 0.25) is 11.8 Å². The molecule has 0 aliphatic heterocycles. The second-order valence-corrected chi connectivity index (χ2v) is 6.66. The van der Waals surface area contributed by atoms with Gasteiger partial charge in [0.15, 0.2) is 0 Å². The van der Waals surface area contributed by atoms with E-state index < -0.39 is 42.0 Å². The summed E-state index contributed by atoms with van der Waals surface area (Å²) in [4.78, 5) is 35.3. The van der Waals surface area contributed by atoms with Crippen molar-refractivity contribution in [3.8, 4) is 0 Å². The molecule has 0 aromatic heterocycles. The quantitative estimate of drug-likeness (QED) is 0.346. The summed E-state index contributed by atoms with van der Waals surface area (Å²) in [6.07, 6.45) is 0.884. The number of thioether (sulfide) groups is 1. The Labute approximate surface area is 140 Å². The Balaban J connectivity index is 4.91. The van der Waals surface area contributed by atoms with E-state index in [-0.39, 0.29) is 12.3 Å². The maximum Gasteiger partial charge on any atom is 0.326 e. The Morgan fingerprint density at radius 1 is 1.13 bits per heavy atom. The first-order chi connectivity index (χ1) is 10.6. The van der Waals surface area contributed by atoms with Crippen molar-refractivity contribution in [2.24, 2.45) is 11.7 Å². The van der Waals surface area contributed by atoms with E-state index in [4.69, 9.17) is 10.8 Å². The summed E-state index contributed by atoms with van der Waals surface area (Å²) in [6.45, 7) is 4.85. The lowest BCUT2D eigenvalue weighted by Crippen LogP contribution is -2.58. The van der Waals surface area contributed by atoms with Crippen molar-refractivity contribution in [1.29, 1.82) is 0 Å². The highest BCUT2D eigenvalue weighted by molar-refractivity contribution is 7.98. The molecule has 2 amide bonds. The zero-order valence-electron chi connectivity index (χ0n) is 13.9. The van der Waals surface area contributed by atoms with Gasteiger partial charge in [0.25, 0.3) is 0 Å². The second kappa shape index (κ2) is 10.5. The van der Waals surface area contributed by atoms with Gasteiger partial charge in [0.05, 0.1) is 12.1 Å². The predicted octanol–water partition coefficient (Wildman–Crippen LogP) is -0.842. The lowest BCUT2D eigenvalue weighted by molar-refractivity contribution is -0.143. The molecule has 23 heavy (non-hydrogen) atoms. The number of carbonyl (C=O) groups is 3. The molecule has 8 nitrogen and oxygen atoms in total. The third-order valence-electron chi connectivity index (χ3n) is 3.31. The number of carboxylic acids is 1. The van der Waals surface area contributed by atoms with E-state index in [1.807, 2.05) is 6.26 Å². The standard InChI is InChI=1S/C14H27N3O5S/c1-7(2)10(15)12(19)17-11(8(3)18)13(20)16-9(14(21)22)5-6-23-4/h7-11,18H,5-6,15H2,1-4H3,(H,16,20)(H,17,19)(H,21,22)/t8-,9+,10+,11+/m1/s1. The van der Waals surface area contributed by atoms with Crippen molar-refractivity contribution >= 4 is 29.5 Å². The van der Waals surface area contributed by atoms with Crippen LogP contribution in [-0.2, 0) is 14.4 Å². The molecule has 4 atom stereocenters. The normalized spacial score (nSPS) is 16.3. The van der Waals surface area contributed by atoms with E-state index in [1.165, 1.54) is 18.7 Å². The highest BCUT2D eigenvalue weighted by atomic mass is 32.2. The minimum absolute atomic E-state index is 0.138. The van der Waals surface area contributed by atoms with Gasteiger partial charge in [-0.05, 0) is 31.3 Å². The highest BCUT2D eigenvalue weighted by Gasteiger charge is 2.31. The van der Waals surface area contributed by atoms with E-state index in [0.717, 1.165) is 0 Å². The van der Waals surface area contributed by atoms with Crippen LogP contribution in [-0.4, -0.2) is 64.2 Å². The molecule has 0 saturated heterocycles. The van der Waals surface area contributed by atoms with Gasteiger partial charge in [-0.25, -0.2) is 4.79 Å². The van der Waals surface area contributed by atoms with Crippen LogP contribution in [0.3, 0.4) is 0 Å². The van der Waals surface area contributed by atoms with Gasteiger partial charge in [-0.15, -0.1) is 0 Å². The van der Waals surface area contributed by atoms with Crippen molar-refractivity contribution in [1.82, 2.24) is 10.6 Å².